The van der Waals surface area contributed by atoms with E-state index < -0.39 is 5.97 Å². The van der Waals surface area contributed by atoms with Gasteiger partial charge in [0.1, 0.15) is 5.69 Å². The Labute approximate surface area is 136 Å². The summed E-state index contributed by atoms with van der Waals surface area (Å²) < 4.78 is 0. The number of hydrogen-bond donors (Lipinski definition) is 2. The van der Waals surface area contributed by atoms with Crippen LogP contribution in [0.25, 0.3) is 0 Å². The summed E-state index contributed by atoms with van der Waals surface area (Å²) in [6.45, 7) is 6.36. The molecule has 3 heterocycles. The summed E-state index contributed by atoms with van der Waals surface area (Å²) in [5.41, 5.74) is 2.09. The molecule has 0 radical (unpaired) electrons. The van der Waals surface area contributed by atoms with Gasteiger partial charge in [-0.15, -0.1) is 0 Å². The number of nitrogens with one attached hydrogen (secondary N) is 1. The van der Waals surface area contributed by atoms with Gasteiger partial charge >= 0.3 is 5.97 Å². The molecule has 23 heavy (non-hydrogen) atoms. The fourth-order valence-corrected chi connectivity index (χ4v) is 3.71. The first-order chi connectivity index (χ1) is 11.1. The van der Waals surface area contributed by atoms with Gasteiger partial charge in [0.05, 0.1) is 5.56 Å². The van der Waals surface area contributed by atoms with E-state index in [1.165, 1.54) is 19.3 Å². The number of nitrogens with zero attached hydrogens (tertiary/aromatic N) is 2. The van der Waals surface area contributed by atoms with Gasteiger partial charge in [0.15, 0.2) is 0 Å². The highest BCUT2D eigenvalue weighted by atomic mass is 16.4. The zero-order valence-electron chi connectivity index (χ0n) is 13.7. The van der Waals surface area contributed by atoms with Crippen LogP contribution < -0.4 is 0 Å². The summed E-state index contributed by atoms with van der Waals surface area (Å²) >= 11 is 0. The molecule has 126 valence electrons. The third kappa shape index (κ3) is 3.27. The molecule has 0 unspecified atom stereocenters. The number of carboxylic acid groups (broad SMARTS) is 1. The maximum atomic E-state index is 12.9. The Hall–Kier alpha value is -1.82. The van der Waals surface area contributed by atoms with Crippen molar-refractivity contribution in [2.45, 2.75) is 39.0 Å². The number of piperidine rings is 1. The van der Waals surface area contributed by atoms with E-state index in [4.69, 9.17) is 0 Å². The maximum Gasteiger partial charge on any atom is 0.352 e. The molecule has 1 aromatic rings. The first-order valence-corrected chi connectivity index (χ1v) is 8.54. The minimum Gasteiger partial charge on any atom is -0.477 e. The molecule has 1 aromatic heterocycles. The van der Waals surface area contributed by atoms with Gasteiger partial charge in [-0.1, -0.05) is 6.42 Å². The molecule has 0 saturated carbocycles. The number of carbonyl (C=O) groups is 2. The van der Waals surface area contributed by atoms with Gasteiger partial charge in [-0.2, -0.15) is 0 Å². The predicted octanol–water partition coefficient (Wildman–Crippen LogP) is 1.90. The van der Waals surface area contributed by atoms with Crippen molar-refractivity contribution < 1.29 is 14.7 Å². The molecular weight excluding hydrogens is 294 g/mol. The number of hydrogen-bond acceptors (Lipinski definition) is 3. The van der Waals surface area contributed by atoms with E-state index in [9.17, 15) is 14.7 Å². The summed E-state index contributed by atoms with van der Waals surface area (Å²) in [5, 5.41) is 9.25. The van der Waals surface area contributed by atoms with Crippen LogP contribution in [0.5, 0.6) is 0 Å². The average Bonchev–Trinajstić information content (AvgIpc) is 2.78. The Morgan fingerprint density at radius 3 is 2.57 bits per heavy atom. The SMILES string of the molecule is Cc1c(C(=O)O)[nH]c2c1C(=O)N(CCN1CCCCC1)CCC2. The van der Waals surface area contributed by atoms with Crippen LogP contribution in [-0.2, 0) is 6.42 Å². The van der Waals surface area contributed by atoms with Gasteiger partial charge in [0, 0.05) is 25.3 Å². The van der Waals surface area contributed by atoms with Crippen molar-refractivity contribution in [2.24, 2.45) is 0 Å². The van der Waals surface area contributed by atoms with Crippen LogP contribution in [0.3, 0.4) is 0 Å². The van der Waals surface area contributed by atoms with Crippen LogP contribution in [0.2, 0.25) is 0 Å². The molecule has 1 saturated heterocycles. The molecule has 1 amide bonds. The van der Waals surface area contributed by atoms with E-state index in [0.717, 1.165) is 51.3 Å². The van der Waals surface area contributed by atoms with E-state index in [1.54, 1.807) is 6.92 Å². The molecule has 0 spiro atoms. The average molecular weight is 319 g/mol. The summed E-state index contributed by atoms with van der Waals surface area (Å²) in [4.78, 5) is 31.4. The minimum atomic E-state index is -0.997. The number of H-pyrrole nitrogens is 1. The Kier molecular flexibility index (Phi) is 4.71. The number of likely N-dealkylation sites (tertiary alicyclic amines) is 1. The number of rotatable bonds is 4. The van der Waals surface area contributed by atoms with Crippen LogP contribution in [0.4, 0.5) is 0 Å². The fraction of sp³-hybridized carbons (Fsp3) is 0.647. The summed E-state index contributed by atoms with van der Waals surface area (Å²) in [6, 6.07) is 0. The highest BCUT2D eigenvalue weighted by molar-refractivity contribution is 6.01. The molecule has 0 bridgehead atoms. The molecule has 2 aliphatic heterocycles. The van der Waals surface area contributed by atoms with Crippen LogP contribution in [0.15, 0.2) is 0 Å². The lowest BCUT2D eigenvalue weighted by atomic mass is 10.1. The maximum absolute atomic E-state index is 12.9. The molecule has 6 nitrogen and oxygen atoms in total. The summed E-state index contributed by atoms with van der Waals surface area (Å²) in [6.07, 6.45) is 5.41. The number of aryl methyl sites for hydroxylation is 1. The second-order valence-electron chi connectivity index (χ2n) is 6.58. The van der Waals surface area contributed by atoms with Crippen LogP contribution >= 0.6 is 0 Å². The Morgan fingerprint density at radius 1 is 1.13 bits per heavy atom. The van der Waals surface area contributed by atoms with Gasteiger partial charge in [-0.3, -0.25) is 4.79 Å². The van der Waals surface area contributed by atoms with Crippen molar-refractivity contribution >= 4 is 11.9 Å². The Bertz CT molecular complexity index is 602. The number of carboxylic acids is 1. The predicted molar refractivity (Wildman–Crippen MR) is 87.0 cm³/mol. The zero-order chi connectivity index (χ0) is 16.4. The van der Waals surface area contributed by atoms with Gasteiger partial charge in [-0.05, 0) is 51.3 Å². The van der Waals surface area contributed by atoms with Gasteiger partial charge in [0.2, 0.25) is 0 Å². The molecule has 1 fully saturated rings. The van der Waals surface area contributed by atoms with Gasteiger partial charge in [0.25, 0.3) is 5.91 Å². The second-order valence-corrected chi connectivity index (χ2v) is 6.58. The number of aromatic carboxylic acids is 1. The molecule has 0 aliphatic carbocycles. The van der Waals surface area contributed by atoms with E-state index >= 15 is 0 Å². The lowest BCUT2D eigenvalue weighted by Crippen LogP contribution is -2.40. The van der Waals surface area contributed by atoms with Crippen LogP contribution in [-0.4, -0.2) is 64.5 Å². The third-order valence-electron chi connectivity index (χ3n) is 5.03. The van der Waals surface area contributed by atoms with E-state index in [0.29, 0.717) is 11.1 Å². The smallest absolute Gasteiger partial charge is 0.352 e. The van der Waals surface area contributed by atoms with Crippen molar-refractivity contribution in [3.63, 3.8) is 0 Å². The highest BCUT2D eigenvalue weighted by Gasteiger charge is 2.29. The molecule has 2 aliphatic rings. The largest absolute Gasteiger partial charge is 0.477 e. The lowest BCUT2D eigenvalue weighted by Gasteiger charge is -2.29. The van der Waals surface area contributed by atoms with Crippen LogP contribution in [0.1, 0.15) is 57.8 Å². The van der Waals surface area contributed by atoms with Crippen molar-refractivity contribution in [3.8, 4) is 0 Å². The first-order valence-electron chi connectivity index (χ1n) is 8.54. The minimum absolute atomic E-state index is 0.0178. The van der Waals surface area contributed by atoms with Crippen molar-refractivity contribution in [2.75, 3.05) is 32.7 Å². The van der Waals surface area contributed by atoms with E-state index in [2.05, 4.69) is 9.88 Å². The number of fused-ring (bicyclic) bond motifs is 1. The molecule has 0 aromatic carbocycles. The molecule has 3 rings (SSSR count). The fourth-order valence-electron chi connectivity index (χ4n) is 3.71. The van der Waals surface area contributed by atoms with E-state index in [1.807, 2.05) is 4.90 Å². The zero-order valence-corrected chi connectivity index (χ0v) is 13.7. The number of aromatic nitrogens is 1. The quantitative estimate of drug-likeness (QED) is 0.888. The van der Waals surface area contributed by atoms with Crippen molar-refractivity contribution in [1.82, 2.24) is 14.8 Å². The highest BCUT2D eigenvalue weighted by Crippen LogP contribution is 2.24. The number of amides is 1. The molecule has 2 N–H and O–H groups in total. The van der Waals surface area contributed by atoms with E-state index in [-0.39, 0.29) is 11.6 Å². The monoisotopic (exact) mass is 319 g/mol. The van der Waals surface area contributed by atoms with Gasteiger partial charge in [-0.25, -0.2) is 4.79 Å². The van der Waals surface area contributed by atoms with Gasteiger partial charge < -0.3 is 19.9 Å². The third-order valence-corrected chi connectivity index (χ3v) is 5.03. The first kappa shape index (κ1) is 16.1. The summed E-state index contributed by atoms with van der Waals surface area (Å²) in [7, 11) is 0. The standard InChI is InChI=1S/C17H25N3O3/c1-12-14-13(18-15(12)17(22)23)6-5-9-20(16(14)21)11-10-19-7-3-2-4-8-19/h18H,2-11H2,1H3,(H,22,23). The molecule has 0 atom stereocenters. The second kappa shape index (κ2) is 6.74. The summed E-state index contributed by atoms with van der Waals surface area (Å²) in [5.74, 6) is -1.01. The van der Waals surface area contributed by atoms with Crippen molar-refractivity contribution in [1.29, 1.82) is 0 Å². The molecular formula is C17H25N3O3. The lowest BCUT2D eigenvalue weighted by molar-refractivity contribution is 0.0690. The molecule has 6 heteroatoms. The number of carbonyl (C=O) groups excluding carboxylic acids is 1. The normalized spacial score (nSPS) is 19.5. The Morgan fingerprint density at radius 2 is 1.87 bits per heavy atom. The topological polar surface area (TPSA) is 76.6 Å². The number of aromatic amines is 1. The Balaban J connectivity index is 1.74. The van der Waals surface area contributed by atoms with Crippen LogP contribution in [0, 0.1) is 6.92 Å². The van der Waals surface area contributed by atoms with Crippen molar-refractivity contribution in [3.05, 3.63) is 22.5 Å².